The first kappa shape index (κ1) is 13.1. The van der Waals surface area contributed by atoms with Crippen molar-refractivity contribution in [3.8, 4) is 6.07 Å². The topological polar surface area (TPSA) is 27.0 Å². The Morgan fingerprint density at radius 2 is 1.94 bits per heavy atom. The molecule has 18 heavy (non-hydrogen) atoms. The van der Waals surface area contributed by atoms with Crippen LogP contribution in [-0.2, 0) is 18.5 Å². The van der Waals surface area contributed by atoms with Crippen LogP contribution in [0.1, 0.15) is 50.3 Å². The number of hydrogen-bond donors (Lipinski definition) is 0. The van der Waals surface area contributed by atoms with Crippen molar-refractivity contribution in [2.24, 2.45) is 0 Å². The van der Waals surface area contributed by atoms with Crippen LogP contribution in [0.5, 0.6) is 0 Å². The van der Waals surface area contributed by atoms with Crippen LogP contribution < -0.4 is 0 Å². The fraction of sp³-hybridized carbons (Fsp3) is 0.562. The van der Waals surface area contributed by atoms with Gasteiger partial charge in [0.2, 0.25) is 0 Å². The Balaban J connectivity index is 2.04. The molecule has 1 aliphatic heterocycles. The summed E-state index contributed by atoms with van der Waals surface area (Å²) in [5.41, 5.74) is 4.57. The fourth-order valence-corrected chi connectivity index (χ4v) is 2.47. The molecule has 96 valence electrons. The highest BCUT2D eigenvalue weighted by Crippen LogP contribution is 2.29. The van der Waals surface area contributed by atoms with E-state index < -0.39 is 0 Å². The van der Waals surface area contributed by atoms with Crippen LogP contribution in [0.15, 0.2) is 18.2 Å². The Morgan fingerprint density at radius 3 is 2.61 bits per heavy atom. The van der Waals surface area contributed by atoms with Crippen molar-refractivity contribution in [2.45, 2.75) is 52.1 Å². The lowest BCUT2D eigenvalue weighted by molar-refractivity contribution is 0.281. The Bertz CT molecular complexity index is 463. The van der Waals surface area contributed by atoms with Crippen LogP contribution in [0.3, 0.4) is 0 Å². The molecule has 0 atom stereocenters. The van der Waals surface area contributed by atoms with Gasteiger partial charge in [-0.05, 0) is 35.1 Å². The molecule has 0 N–H and O–H groups in total. The summed E-state index contributed by atoms with van der Waals surface area (Å²) in [6.45, 7) is 9.90. The fourth-order valence-electron chi connectivity index (χ4n) is 2.47. The highest BCUT2D eigenvalue weighted by Gasteiger charge is 2.21. The molecule has 0 aliphatic carbocycles. The maximum absolute atomic E-state index is 8.57. The van der Waals surface area contributed by atoms with Crippen molar-refractivity contribution >= 4 is 0 Å². The monoisotopic (exact) mass is 242 g/mol. The van der Waals surface area contributed by atoms with Gasteiger partial charge in [0.25, 0.3) is 0 Å². The van der Waals surface area contributed by atoms with Crippen LogP contribution in [0.4, 0.5) is 0 Å². The van der Waals surface area contributed by atoms with E-state index in [0.29, 0.717) is 6.42 Å². The quantitative estimate of drug-likeness (QED) is 0.757. The second-order valence-electron chi connectivity index (χ2n) is 6.21. The van der Waals surface area contributed by atoms with E-state index in [1.54, 1.807) is 0 Å². The van der Waals surface area contributed by atoms with Gasteiger partial charge in [-0.3, -0.25) is 4.90 Å². The Hall–Kier alpha value is -1.33. The maximum Gasteiger partial charge on any atom is 0.0622 e. The molecule has 0 aromatic heterocycles. The molecule has 2 nitrogen and oxygen atoms in total. The molecule has 0 saturated heterocycles. The lowest BCUT2D eigenvalue weighted by Crippen LogP contribution is -2.17. The van der Waals surface area contributed by atoms with Crippen molar-refractivity contribution in [1.29, 1.82) is 5.26 Å². The van der Waals surface area contributed by atoms with Crippen molar-refractivity contribution in [2.75, 3.05) is 6.54 Å². The van der Waals surface area contributed by atoms with Gasteiger partial charge in [0.15, 0.2) is 0 Å². The molecule has 1 aromatic rings. The highest BCUT2D eigenvalue weighted by molar-refractivity contribution is 5.37. The lowest BCUT2D eigenvalue weighted by atomic mass is 9.85. The number of benzene rings is 1. The van der Waals surface area contributed by atoms with Crippen molar-refractivity contribution in [1.82, 2.24) is 4.90 Å². The maximum atomic E-state index is 8.57. The van der Waals surface area contributed by atoms with E-state index in [9.17, 15) is 0 Å². The van der Waals surface area contributed by atoms with Gasteiger partial charge < -0.3 is 0 Å². The van der Waals surface area contributed by atoms with Gasteiger partial charge in [-0.25, -0.2) is 0 Å². The Labute approximate surface area is 110 Å². The Kier molecular flexibility index (Phi) is 3.73. The van der Waals surface area contributed by atoms with E-state index in [-0.39, 0.29) is 5.41 Å². The number of rotatable bonds is 3. The number of hydrogen-bond acceptors (Lipinski definition) is 2. The SMILES string of the molecule is CC(C)(C)c1ccc2c(c1)CN(CCCC#N)C2. The van der Waals surface area contributed by atoms with Crippen LogP contribution in [0.25, 0.3) is 0 Å². The van der Waals surface area contributed by atoms with Crippen LogP contribution in [0, 0.1) is 11.3 Å². The van der Waals surface area contributed by atoms with E-state index >= 15 is 0 Å². The molecule has 1 heterocycles. The first-order valence-corrected chi connectivity index (χ1v) is 6.72. The minimum absolute atomic E-state index is 0.225. The molecular formula is C16H22N2. The molecule has 0 radical (unpaired) electrons. The third-order valence-electron chi connectivity index (χ3n) is 3.62. The first-order valence-electron chi connectivity index (χ1n) is 6.72. The minimum atomic E-state index is 0.225. The standard InChI is InChI=1S/C16H22N2/c1-16(2,3)15-7-6-13-11-18(9-5-4-8-17)12-14(13)10-15/h6-7,10H,4-5,9,11-12H2,1-3H3. The highest BCUT2D eigenvalue weighted by atomic mass is 15.1. The zero-order chi connectivity index (χ0) is 13.2. The Morgan fingerprint density at radius 1 is 1.22 bits per heavy atom. The smallest absolute Gasteiger partial charge is 0.0622 e. The molecule has 0 saturated carbocycles. The number of fused-ring (bicyclic) bond motifs is 1. The summed E-state index contributed by atoms with van der Waals surface area (Å²) < 4.78 is 0. The van der Waals surface area contributed by atoms with Gasteiger partial charge in [-0.1, -0.05) is 39.0 Å². The average molecular weight is 242 g/mol. The largest absolute Gasteiger partial charge is 0.295 e. The normalized spacial score (nSPS) is 15.4. The molecule has 0 fully saturated rings. The summed E-state index contributed by atoms with van der Waals surface area (Å²) in [5, 5.41) is 8.57. The van der Waals surface area contributed by atoms with Crippen LogP contribution in [0.2, 0.25) is 0 Å². The molecular weight excluding hydrogens is 220 g/mol. The molecule has 2 heteroatoms. The third kappa shape index (κ3) is 2.91. The van der Waals surface area contributed by atoms with Gasteiger partial charge in [-0.2, -0.15) is 5.26 Å². The zero-order valence-electron chi connectivity index (χ0n) is 11.7. The van der Waals surface area contributed by atoms with Gasteiger partial charge in [0, 0.05) is 19.5 Å². The van der Waals surface area contributed by atoms with Crippen molar-refractivity contribution in [3.05, 3.63) is 34.9 Å². The average Bonchev–Trinajstić information content (AvgIpc) is 2.69. The van der Waals surface area contributed by atoms with E-state index in [0.717, 1.165) is 26.1 Å². The van der Waals surface area contributed by atoms with Crippen LogP contribution in [-0.4, -0.2) is 11.4 Å². The molecule has 2 rings (SSSR count). The summed E-state index contributed by atoms with van der Waals surface area (Å²) in [6, 6.07) is 9.12. The molecule has 0 unspecified atom stereocenters. The lowest BCUT2D eigenvalue weighted by Gasteiger charge is -2.19. The molecule has 1 aliphatic rings. The zero-order valence-corrected chi connectivity index (χ0v) is 11.7. The van der Waals surface area contributed by atoms with Crippen molar-refractivity contribution in [3.63, 3.8) is 0 Å². The minimum Gasteiger partial charge on any atom is -0.295 e. The summed E-state index contributed by atoms with van der Waals surface area (Å²) in [7, 11) is 0. The molecule has 0 bridgehead atoms. The van der Waals surface area contributed by atoms with E-state index in [4.69, 9.17) is 5.26 Å². The predicted octanol–water partition coefficient (Wildman–Crippen LogP) is 3.60. The summed E-state index contributed by atoms with van der Waals surface area (Å²) in [6.07, 6.45) is 1.65. The van der Waals surface area contributed by atoms with Gasteiger partial charge >= 0.3 is 0 Å². The van der Waals surface area contributed by atoms with E-state index in [2.05, 4.69) is 49.9 Å². The van der Waals surface area contributed by atoms with Gasteiger partial charge in [0.05, 0.1) is 6.07 Å². The molecule has 1 aromatic carbocycles. The number of nitrogens with zero attached hydrogens (tertiary/aromatic N) is 2. The second kappa shape index (κ2) is 5.12. The predicted molar refractivity (Wildman–Crippen MR) is 74.1 cm³/mol. The first-order chi connectivity index (χ1) is 8.50. The second-order valence-corrected chi connectivity index (χ2v) is 6.21. The van der Waals surface area contributed by atoms with Gasteiger partial charge in [-0.15, -0.1) is 0 Å². The van der Waals surface area contributed by atoms with E-state index in [1.165, 1.54) is 16.7 Å². The summed E-state index contributed by atoms with van der Waals surface area (Å²) in [5.74, 6) is 0. The molecule has 0 amide bonds. The van der Waals surface area contributed by atoms with Crippen LogP contribution >= 0.6 is 0 Å². The molecule has 0 spiro atoms. The number of nitriles is 1. The van der Waals surface area contributed by atoms with E-state index in [1.807, 2.05) is 0 Å². The number of unbranched alkanes of at least 4 members (excludes halogenated alkanes) is 1. The summed E-state index contributed by atoms with van der Waals surface area (Å²) in [4.78, 5) is 2.44. The third-order valence-corrected chi connectivity index (χ3v) is 3.62. The van der Waals surface area contributed by atoms with Crippen molar-refractivity contribution < 1.29 is 0 Å². The van der Waals surface area contributed by atoms with Gasteiger partial charge in [0.1, 0.15) is 0 Å². The summed E-state index contributed by atoms with van der Waals surface area (Å²) >= 11 is 0.